The van der Waals surface area contributed by atoms with Crippen molar-refractivity contribution in [1.82, 2.24) is 0 Å². The zero-order chi connectivity index (χ0) is 20.3. The third-order valence-electron chi connectivity index (χ3n) is 5.98. The third-order valence-corrected chi connectivity index (χ3v) is 5.98. The Hall–Kier alpha value is -1.64. The van der Waals surface area contributed by atoms with E-state index >= 15 is 0 Å². The molecule has 1 fully saturated rings. The van der Waals surface area contributed by atoms with Crippen molar-refractivity contribution in [2.24, 2.45) is 0 Å². The van der Waals surface area contributed by atoms with Gasteiger partial charge in [0.15, 0.2) is 0 Å². The number of aryl methyl sites for hydroxylation is 1. The number of rotatable bonds is 11. The van der Waals surface area contributed by atoms with E-state index in [1.807, 2.05) is 0 Å². The van der Waals surface area contributed by atoms with E-state index in [4.69, 9.17) is 9.47 Å². The van der Waals surface area contributed by atoms with Gasteiger partial charge in [0.2, 0.25) is 0 Å². The van der Waals surface area contributed by atoms with Crippen molar-refractivity contribution in [2.75, 3.05) is 13.2 Å². The molecule has 0 amide bonds. The smallest absolute Gasteiger partial charge is 0.106 e. The Morgan fingerprint density at radius 1 is 0.690 bits per heavy atom. The van der Waals surface area contributed by atoms with Crippen molar-refractivity contribution in [3.8, 4) is 11.1 Å². The lowest BCUT2D eigenvalue weighted by Crippen LogP contribution is -2.31. The zero-order valence-electron chi connectivity index (χ0n) is 18.4. The molecule has 1 heterocycles. The third kappa shape index (κ3) is 6.97. The standard InChI is InChI=1S/C27H38O2/c1-3-5-7-9-11-26-20-29-27(21-28-26)25-18-16-24(17-19-25)23-14-12-22(13-15-23)10-8-6-4-2/h12-19,26-27H,3-11,20-21H2,1-2H3. The largest absolute Gasteiger partial charge is 0.373 e. The molecule has 1 aliphatic heterocycles. The van der Waals surface area contributed by atoms with Gasteiger partial charge in [-0.25, -0.2) is 0 Å². The molecule has 0 spiro atoms. The van der Waals surface area contributed by atoms with Crippen molar-refractivity contribution in [1.29, 1.82) is 0 Å². The second-order valence-electron chi connectivity index (χ2n) is 8.40. The molecule has 2 aromatic rings. The predicted octanol–water partition coefficient (Wildman–Crippen LogP) is 7.51. The predicted molar refractivity (Wildman–Crippen MR) is 122 cm³/mol. The first-order valence-corrected chi connectivity index (χ1v) is 11.7. The van der Waals surface area contributed by atoms with E-state index in [1.165, 1.54) is 73.6 Å². The minimum atomic E-state index is 0.0666. The molecule has 158 valence electrons. The van der Waals surface area contributed by atoms with Crippen LogP contribution in [0.1, 0.15) is 82.4 Å². The van der Waals surface area contributed by atoms with Gasteiger partial charge in [-0.1, -0.05) is 101 Å². The highest BCUT2D eigenvalue weighted by molar-refractivity contribution is 5.64. The lowest BCUT2D eigenvalue weighted by molar-refractivity contribution is -0.137. The molecule has 0 saturated carbocycles. The lowest BCUT2D eigenvalue weighted by atomic mass is 9.99. The minimum Gasteiger partial charge on any atom is -0.373 e. The van der Waals surface area contributed by atoms with Crippen molar-refractivity contribution < 1.29 is 9.47 Å². The van der Waals surface area contributed by atoms with Gasteiger partial charge in [0.1, 0.15) is 6.10 Å². The van der Waals surface area contributed by atoms with Gasteiger partial charge < -0.3 is 9.47 Å². The van der Waals surface area contributed by atoms with Crippen LogP contribution in [0.3, 0.4) is 0 Å². The second-order valence-corrected chi connectivity index (χ2v) is 8.40. The summed E-state index contributed by atoms with van der Waals surface area (Å²) >= 11 is 0. The van der Waals surface area contributed by atoms with Crippen molar-refractivity contribution in [3.63, 3.8) is 0 Å². The first kappa shape index (κ1) is 22.1. The Morgan fingerprint density at radius 3 is 1.97 bits per heavy atom. The minimum absolute atomic E-state index is 0.0666. The molecule has 2 unspecified atom stereocenters. The van der Waals surface area contributed by atoms with E-state index in [0.29, 0.717) is 6.61 Å². The lowest BCUT2D eigenvalue weighted by Gasteiger charge is -2.30. The summed E-state index contributed by atoms with van der Waals surface area (Å²) in [4.78, 5) is 0. The summed E-state index contributed by atoms with van der Waals surface area (Å²) in [6, 6.07) is 17.9. The molecule has 1 saturated heterocycles. The number of hydrogen-bond acceptors (Lipinski definition) is 2. The molecule has 0 aromatic heterocycles. The van der Waals surface area contributed by atoms with Crippen LogP contribution in [0.25, 0.3) is 11.1 Å². The van der Waals surface area contributed by atoms with E-state index in [2.05, 4.69) is 62.4 Å². The van der Waals surface area contributed by atoms with Gasteiger partial charge in [0, 0.05) is 0 Å². The van der Waals surface area contributed by atoms with Crippen LogP contribution in [-0.2, 0) is 15.9 Å². The average Bonchev–Trinajstić information content (AvgIpc) is 2.78. The van der Waals surface area contributed by atoms with Crippen LogP contribution in [0.4, 0.5) is 0 Å². The van der Waals surface area contributed by atoms with Crippen LogP contribution in [-0.4, -0.2) is 19.3 Å². The van der Waals surface area contributed by atoms with E-state index in [0.717, 1.165) is 13.0 Å². The molecule has 2 atom stereocenters. The summed E-state index contributed by atoms with van der Waals surface area (Å²) in [7, 11) is 0. The topological polar surface area (TPSA) is 18.5 Å². The molecule has 1 aliphatic rings. The summed E-state index contributed by atoms with van der Waals surface area (Å²) < 4.78 is 12.2. The fourth-order valence-electron chi connectivity index (χ4n) is 4.03. The van der Waals surface area contributed by atoms with Gasteiger partial charge in [-0.3, -0.25) is 0 Å². The van der Waals surface area contributed by atoms with Crippen molar-refractivity contribution in [2.45, 2.75) is 83.8 Å². The molecule has 2 nitrogen and oxygen atoms in total. The fraction of sp³-hybridized carbons (Fsp3) is 0.556. The molecule has 0 bridgehead atoms. The van der Waals surface area contributed by atoms with Crippen LogP contribution in [0.5, 0.6) is 0 Å². The highest BCUT2D eigenvalue weighted by Crippen LogP contribution is 2.27. The maximum atomic E-state index is 6.12. The average molecular weight is 395 g/mol. The zero-order valence-corrected chi connectivity index (χ0v) is 18.4. The molecule has 0 radical (unpaired) electrons. The Morgan fingerprint density at radius 2 is 1.34 bits per heavy atom. The Bertz CT molecular complexity index is 681. The second kappa shape index (κ2) is 12.1. The van der Waals surface area contributed by atoms with Crippen molar-refractivity contribution in [3.05, 3.63) is 59.7 Å². The van der Waals surface area contributed by atoms with Crippen LogP contribution in [0.15, 0.2) is 48.5 Å². The summed E-state index contributed by atoms with van der Waals surface area (Å²) in [5.74, 6) is 0. The van der Waals surface area contributed by atoms with Crippen LogP contribution in [0.2, 0.25) is 0 Å². The quantitative estimate of drug-likeness (QED) is 0.367. The highest BCUT2D eigenvalue weighted by atomic mass is 16.6. The fourth-order valence-corrected chi connectivity index (χ4v) is 4.03. The van der Waals surface area contributed by atoms with Gasteiger partial charge in [0.25, 0.3) is 0 Å². The number of benzene rings is 2. The maximum absolute atomic E-state index is 6.12. The van der Waals surface area contributed by atoms with Crippen LogP contribution >= 0.6 is 0 Å². The van der Waals surface area contributed by atoms with Gasteiger partial charge in [-0.05, 0) is 41.5 Å². The highest BCUT2D eigenvalue weighted by Gasteiger charge is 2.23. The summed E-state index contributed by atoms with van der Waals surface area (Å²) in [6.07, 6.45) is 11.7. The Balaban J connectivity index is 1.48. The Kier molecular flexibility index (Phi) is 9.24. The van der Waals surface area contributed by atoms with E-state index in [9.17, 15) is 0 Å². The SMILES string of the molecule is CCCCCCC1COC(c2ccc(-c3ccc(CCCCC)cc3)cc2)CO1. The number of ether oxygens (including phenoxy) is 2. The van der Waals surface area contributed by atoms with Crippen LogP contribution in [0, 0.1) is 0 Å². The molecular weight excluding hydrogens is 356 g/mol. The van der Waals surface area contributed by atoms with E-state index in [1.54, 1.807) is 0 Å². The molecule has 0 N–H and O–H groups in total. The number of unbranched alkanes of at least 4 members (excludes halogenated alkanes) is 5. The van der Waals surface area contributed by atoms with E-state index in [-0.39, 0.29) is 12.2 Å². The normalized spacial score (nSPS) is 19.4. The van der Waals surface area contributed by atoms with Crippen LogP contribution < -0.4 is 0 Å². The number of hydrogen-bond donors (Lipinski definition) is 0. The summed E-state index contributed by atoms with van der Waals surface area (Å²) in [6.45, 7) is 5.90. The van der Waals surface area contributed by atoms with Crippen molar-refractivity contribution >= 4 is 0 Å². The monoisotopic (exact) mass is 394 g/mol. The molecule has 2 aromatic carbocycles. The maximum Gasteiger partial charge on any atom is 0.106 e. The first-order valence-electron chi connectivity index (χ1n) is 11.7. The Labute approximate surface area is 177 Å². The van der Waals surface area contributed by atoms with Gasteiger partial charge >= 0.3 is 0 Å². The van der Waals surface area contributed by atoms with Gasteiger partial charge in [0.05, 0.1) is 19.3 Å². The molecule has 3 rings (SSSR count). The molecule has 2 heteroatoms. The summed E-state index contributed by atoms with van der Waals surface area (Å²) in [5, 5.41) is 0. The molecular formula is C27H38O2. The molecule has 0 aliphatic carbocycles. The molecule has 29 heavy (non-hydrogen) atoms. The van der Waals surface area contributed by atoms with E-state index < -0.39 is 0 Å². The van der Waals surface area contributed by atoms with Gasteiger partial charge in [-0.2, -0.15) is 0 Å². The van der Waals surface area contributed by atoms with Gasteiger partial charge in [-0.15, -0.1) is 0 Å². The summed E-state index contributed by atoms with van der Waals surface area (Å²) in [5.41, 5.74) is 5.20. The first-order chi connectivity index (χ1) is 14.3.